The first kappa shape index (κ1) is 17.9. The van der Waals surface area contributed by atoms with E-state index in [-0.39, 0.29) is 5.56 Å². The summed E-state index contributed by atoms with van der Waals surface area (Å²) in [5, 5.41) is 0. The molecule has 110 valence electrons. The van der Waals surface area contributed by atoms with E-state index in [0.29, 0.717) is 5.41 Å². The SMILES string of the molecule is CC.CC.Cn1cc2c(cc1=O)CCCC(C)(C)C2. The van der Waals surface area contributed by atoms with Crippen molar-refractivity contribution in [1.82, 2.24) is 4.57 Å². The number of hydrogen-bond donors (Lipinski definition) is 0. The lowest BCUT2D eigenvalue weighted by Gasteiger charge is -2.22. The molecular formula is C17H31NO. The smallest absolute Gasteiger partial charge is 0.250 e. The third kappa shape index (κ3) is 5.22. The summed E-state index contributed by atoms with van der Waals surface area (Å²) in [6.45, 7) is 12.6. The molecule has 0 amide bonds. The molecule has 0 spiro atoms. The van der Waals surface area contributed by atoms with Gasteiger partial charge in [0.05, 0.1) is 0 Å². The molecule has 19 heavy (non-hydrogen) atoms. The highest BCUT2D eigenvalue weighted by atomic mass is 16.1. The van der Waals surface area contributed by atoms with Crippen LogP contribution in [0.15, 0.2) is 17.1 Å². The third-order valence-corrected chi connectivity index (χ3v) is 3.38. The van der Waals surface area contributed by atoms with Crippen LogP contribution in [0.4, 0.5) is 0 Å². The Labute approximate surface area is 118 Å². The maximum Gasteiger partial charge on any atom is 0.250 e. The maximum atomic E-state index is 11.5. The topological polar surface area (TPSA) is 22.0 Å². The quantitative estimate of drug-likeness (QED) is 0.639. The van der Waals surface area contributed by atoms with E-state index in [1.165, 1.54) is 24.0 Å². The molecule has 2 heteroatoms. The molecule has 1 aliphatic rings. The lowest BCUT2D eigenvalue weighted by Crippen LogP contribution is -2.19. The van der Waals surface area contributed by atoms with Crippen molar-refractivity contribution in [2.24, 2.45) is 12.5 Å². The van der Waals surface area contributed by atoms with Crippen LogP contribution in [0.5, 0.6) is 0 Å². The summed E-state index contributed by atoms with van der Waals surface area (Å²) in [5.74, 6) is 0. The van der Waals surface area contributed by atoms with Gasteiger partial charge in [-0.1, -0.05) is 41.5 Å². The number of aromatic nitrogens is 1. The molecular weight excluding hydrogens is 234 g/mol. The van der Waals surface area contributed by atoms with Crippen molar-refractivity contribution in [1.29, 1.82) is 0 Å². The molecule has 0 radical (unpaired) electrons. The van der Waals surface area contributed by atoms with Crippen LogP contribution in [-0.2, 0) is 19.9 Å². The highest BCUT2D eigenvalue weighted by Gasteiger charge is 2.23. The Bertz CT molecular complexity index is 429. The van der Waals surface area contributed by atoms with E-state index in [2.05, 4.69) is 13.8 Å². The minimum absolute atomic E-state index is 0.119. The van der Waals surface area contributed by atoms with Gasteiger partial charge in [-0.05, 0) is 42.2 Å². The molecule has 1 aliphatic carbocycles. The summed E-state index contributed by atoms with van der Waals surface area (Å²) < 4.78 is 1.69. The molecule has 0 N–H and O–H groups in total. The zero-order valence-corrected chi connectivity index (χ0v) is 13.8. The van der Waals surface area contributed by atoms with Gasteiger partial charge in [-0.2, -0.15) is 0 Å². The highest BCUT2D eigenvalue weighted by Crippen LogP contribution is 2.32. The zero-order valence-electron chi connectivity index (χ0n) is 13.8. The summed E-state index contributed by atoms with van der Waals surface area (Å²) in [7, 11) is 1.83. The minimum atomic E-state index is 0.119. The Balaban J connectivity index is 0.000000741. The van der Waals surface area contributed by atoms with Crippen LogP contribution in [0.3, 0.4) is 0 Å². The fraction of sp³-hybridized carbons (Fsp3) is 0.706. The molecule has 0 saturated carbocycles. The van der Waals surface area contributed by atoms with Gasteiger partial charge in [0.25, 0.3) is 5.56 Å². The van der Waals surface area contributed by atoms with E-state index >= 15 is 0 Å². The Morgan fingerprint density at radius 1 is 1.11 bits per heavy atom. The minimum Gasteiger partial charge on any atom is -0.318 e. The lowest BCUT2D eigenvalue weighted by atomic mass is 9.84. The van der Waals surface area contributed by atoms with Crippen LogP contribution in [-0.4, -0.2) is 4.57 Å². The molecule has 1 aromatic rings. The van der Waals surface area contributed by atoms with Gasteiger partial charge in [0, 0.05) is 19.3 Å². The largest absolute Gasteiger partial charge is 0.318 e. The summed E-state index contributed by atoms with van der Waals surface area (Å²) in [4.78, 5) is 11.5. The first-order valence-electron chi connectivity index (χ1n) is 7.66. The predicted molar refractivity (Wildman–Crippen MR) is 84.8 cm³/mol. The molecule has 0 bridgehead atoms. The summed E-state index contributed by atoms with van der Waals surface area (Å²) in [5.41, 5.74) is 3.12. The van der Waals surface area contributed by atoms with Crippen molar-refractivity contribution in [2.45, 2.75) is 67.2 Å². The van der Waals surface area contributed by atoms with Crippen molar-refractivity contribution in [2.75, 3.05) is 0 Å². The number of fused-ring (bicyclic) bond motifs is 1. The molecule has 2 nitrogen and oxygen atoms in total. The highest BCUT2D eigenvalue weighted by molar-refractivity contribution is 5.26. The fourth-order valence-corrected chi connectivity index (χ4v) is 2.48. The van der Waals surface area contributed by atoms with Gasteiger partial charge >= 0.3 is 0 Å². The summed E-state index contributed by atoms with van der Waals surface area (Å²) in [6, 6.07) is 1.82. The van der Waals surface area contributed by atoms with Crippen LogP contribution in [0.1, 0.15) is 65.5 Å². The molecule has 1 aromatic heterocycles. The van der Waals surface area contributed by atoms with Crippen molar-refractivity contribution in [3.8, 4) is 0 Å². The van der Waals surface area contributed by atoms with Crippen LogP contribution < -0.4 is 5.56 Å². The average Bonchev–Trinajstić information content (AvgIpc) is 2.53. The van der Waals surface area contributed by atoms with Gasteiger partial charge in [-0.15, -0.1) is 0 Å². The number of pyridine rings is 1. The Kier molecular flexibility index (Phi) is 7.73. The van der Waals surface area contributed by atoms with E-state index < -0.39 is 0 Å². The van der Waals surface area contributed by atoms with Gasteiger partial charge in [0.1, 0.15) is 0 Å². The number of aryl methyl sites for hydroxylation is 2. The van der Waals surface area contributed by atoms with Crippen molar-refractivity contribution < 1.29 is 0 Å². The van der Waals surface area contributed by atoms with Gasteiger partial charge < -0.3 is 4.57 Å². The van der Waals surface area contributed by atoms with Gasteiger partial charge in [0.15, 0.2) is 0 Å². The van der Waals surface area contributed by atoms with Crippen LogP contribution in [0, 0.1) is 5.41 Å². The number of hydrogen-bond acceptors (Lipinski definition) is 1. The molecule has 0 unspecified atom stereocenters. The standard InChI is InChI=1S/C13H19NO.2C2H6/c1-13(2)6-4-5-10-7-12(15)14(3)9-11(10)8-13;2*1-2/h7,9H,4-6,8H2,1-3H3;2*1-2H3. The first-order valence-corrected chi connectivity index (χ1v) is 7.66. The van der Waals surface area contributed by atoms with Crippen molar-refractivity contribution >= 4 is 0 Å². The number of nitrogens with zero attached hydrogens (tertiary/aromatic N) is 1. The first-order chi connectivity index (χ1) is 8.98. The predicted octanol–water partition coefficient (Wildman–Crippen LogP) is 4.34. The molecule has 0 fully saturated rings. The molecule has 0 atom stereocenters. The fourth-order valence-electron chi connectivity index (χ4n) is 2.48. The Morgan fingerprint density at radius 3 is 2.26 bits per heavy atom. The third-order valence-electron chi connectivity index (χ3n) is 3.38. The zero-order chi connectivity index (χ0) is 15.1. The lowest BCUT2D eigenvalue weighted by molar-refractivity contribution is 0.332. The number of rotatable bonds is 0. The Hall–Kier alpha value is -1.05. The van der Waals surface area contributed by atoms with E-state index in [0.717, 1.165) is 12.8 Å². The molecule has 2 rings (SSSR count). The van der Waals surface area contributed by atoms with Crippen LogP contribution >= 0.6 is 0 Å². The van der Waals surface area contributed by atoms with Crippen LogP contribution in [0.25, 0.3) is 0 Å². The average molecular weight is 265 g/mol. The maximum absolute atomic E-state index is 11.5. The van der Waals surface area contributed by atoms with Crippen LogP contribution in [0.2, 0.25) is 0 Å². The summed E-state index contributed by atoms with van der Waals surface area (Å²) >= 11 is 0. The second-order valence-electron chi connectivity index (χ2n) is 5.47. The van der Waals surface area contributed by atoms with Gasteiger partial charge in [-0.25, -0.2) is 0 Å². The van der Waals surface area contributed by atoms with Crippen molar-refractivity contribution in [3.05, 3.63) is 33.7 Å². The van der Waals surface area contributed by atoms with Crippen molar-refractivity contribution in [3.63, 3.8) is 0 Å². The van der Waals surface area contributed by atoms with E-state index in [1.807, 2.05) is 47.0 Å². The second kappa shape index (κ2) is 8.19. The summed E-state index contributed by atoms with van der Waals surface area (Å²) in [6.07, 6.45) is 6.63. The normalized spacial score (nSPS) is 15.9. The van der Waals surface area contributed by atoms with E-state index in [9.17, 15) is 4.79 Å². The van der Waals surface area contributed by atoms with E-state index in [1.54, 1.807) is 4.57 Å². The monoisotopic (exact) mass is 265 g/mol. The van der Waals surface area contributed by atoms with E-state index in [4.69, 9.17) is 0 Å². The second-order valence-corrected chi connectivity index (χ2v) is 5.47. The van der Waals surface area contributed by atoms with Gasteiger partial charge in [0.2, 0.25) is 0 Å². The Morgan fingerprint density at radius 2 is 1.68 bits per heavy atom. The molecule has 1 heterocycles. The molecule has 0 aliphatic heterocycles. The molecule has 0 saturated heterocycles. The molecule has 0 aromatic carbocycles. The van der Waals surface area contributed by atoms with Gasteiger partial charge in [-0.3, -0.25) is 4.79 Å².